The molecule has 0 radical (unpaired) electrons. The first kappa shape index (κ1) is 17.8. The summed E-state index contributed by atoms with van der Waals surface area (Å²) in [6.45, 7) is 3.38. The predicted molar refractivity (Wildman–Crippen MR) is 110 cm³/mol. The maximum atomic E-state index is 12.6. The van der Waals surface area contributed by atoms with Gasteiger partial charge in [-0.25, -0.2) is 4.98 Å². The van der Waals surface area contributed by atoms with Crippen molar-refractivity contribution >= 4 is 5.69 Å². The number of hydrogen-bond donors (Lipinski definition) is 2. The van der Waals surface area contributed by atoms with Gasteiger partial charge in [-0.1, -0.05) is 6.07 Å². The van der Waals surface area contributed by atoms with Gasteiger partial charge >= 0.3 is 0 Å². The molecule has 7 heteroatoms. The van der Waals surface area contributed by atoms with Gasteiger partial charge in [0.15, 0.2) is 11.5 Å². The van der Waals surface area contributed by atoms with E-state index in [1.807, 2.05) is 36.4 Å². The molecule has 7 nitrogen and oxygen atoms in total. The van der Waals surface area contributed by atoms with E-state index in [1.165, 1.54) is 0 Å². The van der Waals surface area contributed by atoms with Crippen molar-refractivity contribution in [3.8, 4) is 22.9 Å². The van der Waals surface area contributed by atoms with Crippen LogP contribution in [0.2, 0.25) is 0 Å². The lowest BCUT2D eigenvalue weighted by Crippen LogP contribution is -2.35. The van der Waals surface area contributed by atoms with Crippen molar-refractivity contribution in [3.63, 3.8) is 0 Å². The van der Waals surface area contributed by atoms with E-state index in [9.17, 15) is 4.79 Å². The number of nitrogens with one attached hydrogen (secondary N) is 1. The Morgan fingerprint density at radius 3 is 2.69 bits per heavy atom. The molecule has 2 aliphatic rings. The standard InChI is InChI=1S/C22H22N4O3/c23-16-4-2-15(3-5-16)21-24-18-13-26(8-7-17(18)22(27)25-21)12-14-1-6-19-20(11-14)29-10-9-28-19/h1-6,11H,7-10,12-13,23H2,(H,24,25,27). The first-order valence-electron chi connectivity index (χ1n) is 9.74. The topological polar surface area (TPSA) is 93.5 Å². The van der Waals surface area contributed by atoms with E-state index < -0.39 is 0 Å². The molecular formula is C22H22N4O3. The number of nitrogens with two attached hydrogens (primary N) is 1. The molecule has 0 saturated heterocycles. The first-order valence-corrected chi connectivity index (χ1v) is 9.74. The van der Waals surface area contributed by atoms with Crippen molar-refractivity contribution in [2.24, 2.45) is 0 Å². The lowest BCUT2D eigenvalue weighted by atomic mass is 10.0. The van der Waals surface area contributed by atoms with Gasteiger partial charge in [0.1, 0.15) is 19.0 Å². The predicted octanol–water partition coefficient (Wildman–Crippen LogP) is 2.35. The van der Waals surface area contributed by atoms with Crippen LogP contribution in [0, 0.1) is 0 Å². The van der Waals surface area contributed by atoms with Crippen LogP contribution in [0.25, 0.3) is 11.4 Å². The van der Waals surface area contributed by atoms with Crippen LogP contribution in [0.1, 0.15) is 16.8 Å². The SMILES string of the molecule is Nc1ccc(-c2nc3c(c(=O)[nH]2)CCN(Cc2ccc4c(c2)OCCO4)C3)cc1. The number of ether oxygens (including phenoxy) is 2. The van der Waals surface area contributed by atoms with Gasteiger partial charge in [0, 0.05) is 36.4 Å². The highest BCUT2D eigenvalue weighted by atomic mass is 16.6. The third-order valence-electron chi connectivity index (χ3n) is 5.35. The van der Waals surface area contributed by atoms with E-state index >= 15 is 0 Å². The Morgan fingerprint density at radius 1 is 1.07 bits per heavy atom. The fourth-order valence-corrected chi connectivity index (χ4v) is 3.85. The van der Waals surface area contributed by atoms with E-state index in [-0.39, 0.29) is 5.56 Å². The van der Waals surface area contributed by atoms with E-state index in [1.54, 1.807) is 0 Å². The molecule has 0 bridgehead atoms. The molecule has 0 fully saturated rings. The highest BCUT2D eigenvalue weighted by Crippen LogP contribution is 2.31. The van der Waals surface area contributed by atoms with Gasteiger partial charge in [-0.3, -0.25) is 9.69 Å². The molecule has 29 heavy (non-hydrogen) atoms. The van der Waals surface area contributed by atoms with Crippen molar-refractivity contribution in [2.45, 2.75) is 19.5 Å². The zero-order valence-electron chi connectivity index (χ0n) is 16.0. The molecular weight excluding hydrogens is 368 g/mol. The minimum absolute atomic E-state index is 0.0548. The second-order valence-electron chi connectivity index (χ2n) is 7.40. The van der Waals surface area contributed by atoms with Gasteiger partial charge in [-0.05, 0) is 48.4 Å². The summed E-state index contributed by atoms with van der Waals surface area (Å²) in [7, 11) is 0. The second kappa shape index (κ2) is 7.25. The summed E-state index contributed by atoms with van der Waals surface area (Å²) >= 11 is 0. The Hall–Kier alpha value is -3.32. The third kappa shape index (κ3) is 3.56. The lowest BCUT2D eigenvalue weighted by molar-refractivity contribution is 0.171. The molecule has 1 aromatic heterocycles. The lowest BCUT2D eigenvalue weighted by Gasteiger charge is -2.28. The maximum Gasteiger partial charge on any atom is 0.254 e. The Kier molecular flexibility index (Phi) is 4.44. The molecule has 0 amide bonds. The third-order valence-corrected chi connectivity index (χ3v) is 5.35. The zero-order chi connectivity index (χ0) is 19.8. The molecule has 0 atom stereocenters. The van der Waals surface area contributed by atoms with Crippen LogP contribution in [0.4, 0.5) is 5.69 Å². The van der Waals surface area contributed by atoms with Gasteiger partial charge in [-0.15, -0.1) is 0 Å². The number of aromatic nitrogens is 2. The number of aromatic amines is 1. The molecule has 5 rings (SSSR count). The number of anilines is 1. The van der Waals surface area contributed by atoms with Crippen LogP contribution in [-0.4, -0.2) is 34.6 Å². The van der Waals surface area contributed by atoms with Crippen molar-refractivity contribution in [3.05, 3.63) is 69.6 Å². The van der Waals surface area contributed by atoms with E-state index in [0.29, 0.717) is 37.7 Å². The van der Waals surface area contributed by atoms with Gasteiger partial charge in [0.2, 0.25) is 0 Å². The van der Waals surface area contributed by atoms with Crippen molar-refractivity contribution in [1.29, 1.82) is 0 Å². The van der Waals surface area contributed by atoms with Crippen LogP contribution >= 0.6 is 0 Å². The van der Waals surface area contributed by atoms with Gasteiger partial charge in [0.05, 0.1) is 5.69 Å². The molecule has 2 aliphatic heterocycles. The zero-order valence-corrected chi connectivity index (χ0v) is 16.0. The summed E-state index contributed by atoms with van der Waals surface area (Å²) in [6.07, 6.45) is 0.685. The Morgan fingerprint density at radius 2 is 1.86 bits per heavy atom. The number of hydrogen-bond acceptors (Lipinski definition) is 6. The number of benzene rings is 2. The van der Waals surface area contributed by atoms with Gasteiger partial charge in [-0.2, -0.15) is 0 Å². The largest absolute Gasteiger partial charge is 0.486 e. The fourth-order valence-electron chi connectivity index (χ4n) is 3.85. The van der Waals surface area contributed by atoms with E-state index in [0.717, 1.165) is 47.0 Å². The summed E-state index contributed by atoms with van der Waals surface area (Å²) in [6, 6.07) is 13.4. The smallest absolute Gasteiger partial charge is 0.254 e. The summed E-state index contributed by atoms with van der Waals surface area (Å²) in [5.41, 5.74) is 10.0. The molecule has 2 aromatic carbocycles. The normalized spacial score (nSPS) is 15.7. The second-order valence-corrected chi connectivity index (χ2v) is 7.40. The number of nitrogens with zero attached hydrogens (tertiary/aromatic N) is 2. The van der Waals surface area contributed by atoms with Crippen LogP contribution in [0.3, 0.4) is 0 Å². The number of nitrogen functional groups attached to an aromatic ring is 1. The summed E-state index contributed by atoms with van der Waals surface area (Å²) < 4.78 is 11.3. The summed E-state index contributed by atoms with van der Waals surface area (Å²) in [4.78, 5) is 22.5. The Balaban J connectivity index is 1.38. The molecule has 0 unspecified atom stereocenters. The molecule has 3 N–H and O–H groups in total. The average molecular weight is 390 g/mol. The van der Waals surface area contributed by atoms with Crippen molar-refractivity contribution in [2.75, 3.05) is 25.5 Å². The Labute approximate surface area is 168 Å². The van der Waals surface area contributed by atoms with Crippen molar-refractivity contribution in [1.82, 2.24) is 14.9 Å². The van der Waals surface area contributed by atoms with Crippen LogP contribution in [0.5, 0.6) is 11.5 Å². The van der Waals surface area contributed by atoms with Crippen LogP contribution < -0.4 is 20.8 Å². The monoisotopic (exact) mass is 390 g/mol. The van der Waals surface area contributed by atoms with Crippen LogP contribution in [0.15, 0.2) is 47.3 Å². The maximum absolute atomic E-state index is 12.6. The molecule has 148 valence electrons. The first-order chi connectivity index (χ1) is 14.2. The van der Waals surface area contributed by atoms with E-state index in [4.69, 9.17) is 20.2 Å². The Bertz CT molecular complexity index is 1110. The number of fused-ring (bicyclic) bond motifs is 2. The van der Waals surface area contributed by atoms with Crippen LogP contribution in [-0.2, 0) is 19.5 Å². The number of rotatable bonds is 3. The number of H-pyrrole nitrogens is 1. The fraction of sp³-hybridized carbons (Fsp3) is 0.273. The van der Waals surface area contributed by atoms with Gasteiger partial charge < -0.3 is 20.2 Å². The molecule has 0 saturated carbocycles. The molecule has 0 spiro atoms. The molecule has 3 aromatic rings. The quantitative estimate of drug-likeness (QED) is 0.667. The molecule has 3 heterocycles. The summed E-state index contributed by atoms with van der Waals surface area (Å²) in [5, 5.41) is 0. The minimum atomic E-state index is -0.0548. The highest BCUT2D eigenvalue weighted by Gasteiger charge is 2.22. The van der Waals surface area contributed by atoms with Gasteiger partial charge in [0.25, 0.3) is 5.56 Å². The minimum Gasteiger partial charge on any atom is -0.486 e. The average Bonchev–Trinajstić information content (AvgIpc) is 2.74. The molecule has 0 aliphatic carbocycles. The summed E-state index contributed by atoms with van der Waals surface area (Å²) in [5.74, 6) is 2.17. The highest BCUT2D eigenvalue weighted by molar-refractivity contribution is 5.58. The van der Waals surface area contributed by atoms with E-state index in [2.05, 4.69) is 16.0 Å². The van der Waals surface area contributed by atoms with Crippen molar-refractivity contribution < 1.29 is 9.47 Å².